The van der Waals surface area contributed by atoms with Crippen LogP contribution in [0.2, 0.25) is 0 Å². The Kier molecular flexibility index (Phi) is 5.09. The molecule has 1 aliphatic rings. The first-order valence-corrected chi connectivity index (χ1v) is 10.3. The summed E-state index contributed by atoms with van der Waals surface area (Å²) in [6.07, 6.45) is 5.97. The highest BCUT2D eigenvalue weighted by Crippen LogP contribution is 2.32. The second-order valence-electron chi connectivity index (χ2n) is 6.96. The number of thiazole rings is 1. The van der Waals surface area contributed by atoms with Crippen LogP contribution in [0.5, 0.6) is 0 Å². The molecule has 0 saturated heterocycles. The van der Waals surface area contributed by atoms with Crippen LogP contribution < -0.4 is 10.5 Å². The van der Waals surface area contributed by atoms with E-state index in [9.17, 15) is 9.59 Å². The number of hydrogen-bond acceptors (Lipinski definition) is 5. The van der Waals surface area contributed by atoms with E-state index in [-0.39, 0.29) is 18.0 Å². The first kappa shape index (κ1) is 18.6. The minimum absolute atomic E-state index is 0.122. The highest BCUT2D eigenvalue weighted by Gasteiger charge is 2.23. The van der Waals surface area contributed by atoms with Crippen molar-refractivity contribution in [2.24, 2.45) is 0 Å². The zero-order valence-corrected chi connectivity index (χ0v) is 16.7. The van der Waals surface area contributed by atoms with E-state index in [0.29, 0.717) is 17.1 Å². The lowest BCUT2D eigenvalue weighted by molar-refractivity contribution is -0.119. The number of aryl methyl sites for hydroxylation is 3. The van der Waals surface area contributed by atoms with Crippen LogP contribution in [0, 0.1) is 6.92 Å². The van der Waals surface area contributed by atoms with E-state index in [4.69, 9.17) is 4.98 Å². The van der Waals surface area contributed by atoms with E-state index < -0.39 is 0 Å². The molecule has 0 fully saturated rings. The predicted octanol–water partition coefficient (Wildman–Crippen LogP) is 3.26. The van der Waals surface area contributed by atoms with Gasteiger partial charge in [-0.3, -0.25) is 14.5 Å². The zero-order valence-electron chi connectivity index (χ0n) is 15.9. The van der Waals surface area contributed by atoms with Crippen molar-refractivity contribution in [2.45, 2.75) is 39.2 Å². The van der Waals surface area contributed by atoms with Crippen molar-refractivity contribution in [1.82, 2.24) is 14.8 Å². The number of aromatic nitrogens is 3. The molecule has 0 N–H and O–H groups in total. The van der Waals surface area contributed by atoms with Gasteiger partial charge in [-0.1, -0.05) is 24.3 Å². The molecular weight excluding hydrogens is 372 g/mol. The average molecular weight is 395 g/mol. The molecule has 0 aliphatic heterocycles. The SMILES string of the molecule is C=CCN(C(=O)Cn1nc(C)c2ccccc2c1=O)c1nc2c(s1)CCCC2. The Balaban J connectivity index is 1.66. The summed E-state index contributed by atoms with van der Waals surface area (Å²) < 4.78 is 1.25. The molecule has 3 aromatic rings. The van der Waals surface area contributed by atoms with Crippen LogP contribution in [0.1, 0.15) is 29.1 Å². The standard InChI is InChI=1S/C21H22N4O2S/c1-3-12-24(21-22-17-10-6-7-11-18(17)28-21)19(26)13-25-20(27)16-9-5-4-8-15(16)14(2)23-25/h3-5,8-9H,1,6-7,10-13H2,2H3. The molecule has 0 bridgehead atoms. The van der Waals surface area contributed by atoms with Crippen LogP contribution in [-0.2, 0) is 24.2 Å². The molecule has 1 amide bonds. The Hall–Kier alpha value is -2.80. The molecule has 0 saturated carbocycles. The molecule has 4 rings (SSSR count). The van der Waals surface area contributed by atoms with Crippen molar-refractivity contribution in [3.8, 4) is 0 Å². The molecule has 28 heavy (non-hydrogen) atoms. The van der Waals surface area contributed by atoms with E-state index >= 15 is 0 Å². The minimum atomic E-state index is -0.258. The van der Waals surface area contributed by atoms with Crippen LogP contribution in [0.3, 0.4) is 0 Å². The van der Waals surface area contributed by atoms with Gasteiger partial charge in [0.15, 0.2) is 5.13 Å². The summed E-state index contributed by atoms with van der Waals surface area (Å²) in [5, 5.41) is 6.42. The Bertz CT molecular complexity index is 1090. The van der Waals surface area contributed by atoms with Crippen molar-refractivity contribution >= 4 is 33.1 Å². The Morgan fingerprint density at radius 3 is 2.79 bits per heavy atom. The summed E-state index contributed by atoms with van der Waals surface area (Å²) in [6, 6.07) is 7.33. The summed E-state index contributed by atoms with van der Waals surface area (Å²) in [5.74, 6) is -0.213. The first-order chi connectivity index (χ1) is 13.6. The molecule has 6 nitrogen and oxygen atoms in total. The largest absolute Gasteiger partial charge is 0.283 e. The number of fused-ring (bicyclic) bond motifs is 2. The molecule has 0 atom stereocenters. The second-order valence-corrected chi connectivity index (χ2v) is 8.02. The van der Waals surface area contributed by atoms with Gasteiger partial charge >= 0.3 is 0 Å². The van der Waals surface area contributed by atoms with Gasteiger partial charge in [0.05, 0.1) is 16.8 Å². The van der Waals surface area contributed by atoms with E-state index in [1.807, 2.05) is 25.1 Å². The van der Waals surface area contributed by atoms with Crippen LogP contribution in [-0.4, -0.2) is 27.2 Å². The fourth-order valence-electron chi connectivity index (χ4n) is 3.59. The molecule has 0 radical (unpaired) electrons. The van der Waals surface area contributed by atoms with Crippen LogP contribution in [0.4, 0.5) is 5.13 Å². The summed E-state index contributed by atoms with van der Waals surface area (Å²) in [4.78, 5) is 33.4. The third kappa shape index (κ3) is 3.38. The number of benzene rings is 1. The normalized spacial score (nSPS) is 13.3. The van der Waals surface area contributed by atoms with E-state index in [0.717, 1.165) is 36.0 Å². The molecule has 2 heterocycles. The minimum Gasteiger partial charge on any atom is -0.283 e. The van der Waals surface area contributed by atoms with Gasteiger partial charge in [0.25, 0.3) is 11.5 Å². The fourth-order valence-corrected chi connectivity index (χ4v) is 4.77. The number of amides is 1. The Morgan fingerprint density at radius 2 is 2.04 bits per heavy atom. The van der Waals surface area contributed by atoms with Gasteiger partial charge in [-0.15, -0.1) is 17.9 Å². The molecular formula is C21H22N4O2S. The van der Waals surface area contributed by atoms with Gasteiger partial charge in [-0.05, 0) is 38.7 Å². The molecule has 0 unspecified atom stereocenters. The van der Waals surface area contributed by atoms with Gasteiger partial charge in [0.1, 0.15) is 6.54 Å². The van der Waals surface area contributed by atoms with Gasteiger partial charge in [-0.25, -0.2) is 9.67 Å². The van der Waals surface area contributed by atoms with Gasteiger partial charge in [0, 0.05) is 16.8 Å². The summed E-state index contributed by atoms with van der Waals surface area (Å²) >= 11 is 1.57. The molecule has 7 heteroatoms. The maximum absolute atomic E-state index is 13.1. The number of hydrogen-bond donors (Lipinski definition) is 0. The summed E-state index contributed by atoms with van der Waals surface area (Å²) in [5.41, 5.74) is 1.57. The van der Waals surface area contributed by atoms with Gasteiger partial charge < -0.3 is 0 Å². The molecule has 1 aliphatic carbocycles. The fraction of sp³-hybridized carbons (Fsp3) is 0.333. The number of carbonyl (C=O) groups is 1. The van der Waals surface area contributed by atoms with Crippen LogP contribution >= 0.6 is 11.3 Å². The van der Waals surface area contributed by atoms with Crippen LogP contribution in [0.25, 0.3) is 10.8 Å². The number of carbonyl (C=O) groups excluding carboxylic acids is 1. The second kappa shape index (κ2) is 7.67. The Labute approximate surface area is 167 Å². The van der Waals surface area contributed by atoms with E-state index in [1.54, 1.807) is 28.4 Å². The lowest BCUT2D eigenvalue weighted by Crippen LogP contribution is -2.38. The topological polar surface area (TPSA) is 68.1 Å². The van der Waals surface area contributed by atoms with Gasteiger partial charge in [0.2, 0.25) is 0 Å². The number of nitrogens with zero attached hydrogens (tertiary/aromatic N) is 4. The first-order valence-electron chi connectivity index (χ1n) is 9.45. The number of rotatable bonds is 5. The average Bonchev–Trinajstić information content (AvgIpc) is 3.13. The predicted molar refractivity (Wildman–Crippen MR) is 112 cm³/mol. The van der Waals surface area contributed by atoms with E-state index in [2.05, 4.69) is 11.7 Å². The molecule has 2 aromatic heterocycles. The molecule has 1 aromatic carbocycles. The highest BCUT2D eigenvalue weighted by molar-refractivity contribution is 7.16. The summed E-state index contributed by atoms with van der Waals surface area (Å²) in [6.45, 7) is 5.85. The number of anilines is 1. The molecule has 0 spiro atoms. The Morgan fingerprint density at radius 1 is 1.29 bits per heavy atom. The third-order valence-electron chi connectivity index (χ3n) is 5.02. The van der Waals surface area contributed by atoms with Crippen molar-refractivity contribution in [3.63, 3.8) is 0 Å². The third-order valence-corrected chi connectivity index (χ3v) is 6.20. The van der Waals surface area contributed by atoms with E-state index in [1.165, 1.54) is 16.0 Å². The smallest absolute Gasteiger partial charge is 0.275 e. The van der Waals surface area contributed by atoms with Crippen molar-refractivity contribution in [1.29, 1.82) is 0 Å². The summed E-state index contributed by atoms with van der Waals surface area (Å²) in [7, 11) is 0. The molecule has 144 valence electrons. The monoisotopic (exact) mass is 394 g/mol. The van der Waals surface area contributed by atoms with Gasteiger partial charge in [-0.2, -0.15) is 5.10 Å². The van der Waals surface area contributed by atoms with Crippen molar-refractivity contribution in [2.75, 3.05) is 11.4 Å². The maximum Gasteiger partial charge on any atom is 0.275 e. The highest BCUT2D eigenvalue weighted by atomic mass is 32.1. The van der Waals surface area contributed by atoms with Crippen molar-refractivity contribution < 1.29 is 4.79 Å². The lowest BCUT2D eigenvalue weighted by Gasteiger charge is -2.18. The van der Waals surface area contributed by atoms with Crippen LogP contribution in [0.15, 0.2) is 41.7 Å². The quantitative estimate of drug-likeness (QED) is 0.623. The zero-order chi connectivity index (χ0) is 19.7. The maximum atomic E-state index is 13.1. The van der Waals surface area contributed by atoms with Crippen molar-refractivity contribution in [3.05, 3.63) is 63.5 Å². The lowest BCUT2D eigenvalue weighted by atomic mass is 10.0.